The topological polar surface area (TPSA) is 68.8 Å². The molecule has 23 heavy (non-hydrogen) atoms. The first-order valence-corrected chi connectivity index (χ1v) is 8.27. The molecule has 0 bridgehead atoms. The zero-order chi connectivity index (χ0) is 16.1. The number of urea groups is 1. The molecule has 3 rings (SSSR count). The second-order valence-corrected chi connectivity index (χ2v) is 6.16. The minimum atomic E-state index is -0.194. The zero-order valence-corrected chi connectivity index (χ0v) is 13.7. The van der Waals surface area contributed by atoms with Crippen LogP contribution >= 0.6 is 11.6 Å². The largest absolute Gasteiger partial charge is 0.489 e. The Hall–Kier alpha value is -1.66. The van der Waals surface area contributed by atoms with Gasteiger partial charge in [-0.05, 0) is 24.1 Å². The molecular weight excluding hydrogens is 320 g/mol. The number of ether oxygens (including phenoxy) is 3. The maximum absolute atomic E-state index is 11.8. The molecule has 1 fully saturated rings. The van der Waals surface area contributed by atoms with Gasteiger partial charge < -0.3 is 24.8 Å². The lowest BCUT2D eigenvalue weighted by atomic mass is 10.1. The number of hydrogen-bond donors (Lipinski definition) is 2. The Bertz CT molecular complexity index is 561. The van der Waals surface area contributed by atoms with E-state index in [1.54, 1.807) is 6.07 Å². The van der Waals surface area contributed by atoms with Crippen LogP contribution in [0.3, 0.4) is 0 Å². The van der Waals surface area contributed by atoms with Crippen molar-refractivity contribution in [3.8, 4) is 11.5 Å². The van der Waals surface area contributed by atoms with E-state index in [-0.39, 0.29) is 6.03 Å². The number of fused-ring (bicyclic) bond motifs is 1. The standard InChI is InChI=1S/C16H21ClN2O4/c17-13-6-12(7-14-15(13)23-4-1-3-22-14)9-19-16(20)18-8-11-2-5-21-10-11/h6-7,11H,1-5,8-10H2,(H2,18,19,20). The number of rotatable bonds is 4. The van der Waals surface area contributed by atoms with Gasteiger partial charge in [0.15, 0.2) is 11.5 Å². The summed E-state index contributed by atoms with van der Waals surface area (Å²) in [7, 11) is 0. The molecule has 2 N–H and O–H groups in total. The smallest absolute Gasteiger partial charge is 0.315 e. The van der Waals surface area contributed by atoms with E-state index in [1.807, 2.05) is 6.07 Å². The van der Waals surface area contributed by atoms with Crippen molar-refractivity contribution in [2.75, 3.05) is 33.0 Å². The fraction of sp³-hybridized carbons (Fsp3) is 0.562. The van der Waals surface area contributed by atoms with Gasteiger partial charge in [0, 0.05) is 32.0 Å². The van der Waals surface area contributed by atoms with E-state index >= 15 is 0 Å². The van der Waals surface area contributed by atoms with Gasteiger partial charge in [0.25, 0.3) is 0 Å². The summed E-state index contributed by atoms with van der Waals surface area (Å²) < 4.78 is 16.5. The van der Waals surface area contributed by atoms with Crippen LogP contribution in [0, 0.1) is 5.92 Å². The average Bonchev–Trinajstić information content (AvgIpc) is 2.95. The summed E-state index contributed by atoms with van der Waals surface area (Å²) in [6.07, 6.45) is 1.82. The average molecular weight is 341 g/mol. The van der Waals surface area contributed by atoms with Gasteiger partial charge in [-0.15, -0.1) is 0 Å². The van der Waals surface area contributed by atoms with Crippen molar-refractivity contribution in [2.45, 2.75) is 19.4 Å². The maximum atomic E-state index is 11.8. The number of halogens is 1. The molecule has 1 aromatic carbocycles. The van der Waals surface area contributed by atoms with Crippen LogP contribution in [0.4, 0.5) is 4.79 Å². The minimum Gasteiger partial charge on any atom is -0.489 e. The Balaban J connectivity index is 1.52. The fourth-order valence-corrected chi connectivity index (χ4v) is 2.90. The molecule has 6 nitrogen and oxygen atoms in total. The lowest BCUT2D eigenvalue weighted by Crippen LogP contribution is -2.38. The highest BCUT2D eigenvalue weighted by Gasteiger charge is 2.17. The van der Waals surface area contributed by atoms with Gasteiger partial charge in [-0.3, -0.25) is 0 Å². The zero-order valence-electron chi connectivity index (χ0n) is 12.9. The van der Waals surface area contributed by atoms with E-state index < -0.39 is 0 Å². The van der Waals surface area contributed by atoms with Crippen molar-refractivity contribution < 1.29 is 19.0 Å². The SMILES string of the molecule is O=C(NCc1cc(Cl)c2c(c1)OCCCO2)NCC1CCOC1. The Labute approximate surface area is 140 Å². The van der Waals surface area contributed by atoms with Gasteiger partial charge in [0.1, 0.15) is 0 Å². The van der Waals surface area contributed by atoms with E-state index in [1.165, 1.54) is 0 Å². The summed E-state index contributed by atoms with van der Waals surface area (Å²) in [5.41, 5.74) is 0.874. The van der Waals surface area contributed by atoms with Crippen molar-refractivity contribution in [3.05, 3.63) is 22.7 Å². The summed E-state index contributed by atoms with van der Waals surface area (Å²) >= 11 is 6.24. The lowest BCUT2D eigenvalue weighted by molar-refractivity contribution is 0.185. The van der Waals surface area contributed by atoms with Crippen LogP contribution in [0.25, 0.3) is 0 Å². The van der Waals surface area contributed by atoms with Gasteiger partial charge in [0.05, 0.1) is 24.8 Å². The molecule has 2 aliphatic heterocycles. The molecule has 0 spiro atoms. The number of hydrogen-bond acceptors (Lipinski definition) is 4. The van der Waals surface area contributed by atoms with Crippen molar-refractivity contribution in [3.63, 3.8) is 0 Å². The second kappa shape index (κ2) is 7.75. The second-order valence-electron chi connectivity index (χ2n) is 5.75. The van der Waals surface area contributed by atoms with E-state index in [2.05, 4.69) is 10.6 Å². The molecule has 0 saturated carbocycles. The molecule has 1 saturated heterocycles. The predicted molar refractivity (Wildman–Crippen MR) is 86.2 cm³/mol. The molecule has 126 valence electrons. The van der Waals surface area contributed by atoms with Gasteiger partial charge >= 0.3 is 6.03 Å². The van der Waals surface area contributed by atoms with Gasteiger partial charge in [-0.1, -0.05) is 11.6 Å². The highest BCUT2D eigenvalue weighted by atomic mass is 35.5. The van der Waals surface area contributed by atoms with Crippen molar-refractivity contribution in [1.82, 2.24) is 10.6 Å². The Morgan fingerprint density at radius 2 is 2.09 bits per heavy atom. The molecule has 0 radical (unpaired) electrons. The first-order valence-electron chi connectivity index (χ1n) is 7.90. The first kappa shape index (κ1) is 16.2. The van der Waals surface area contributed by atoms with E-state index in [0.29, 0.717) is 48.7 Å². The van der Waals surface area contributed by atoms with Gasteiger partial charge in [-0.2, -0.15) is 0 Å². The Morgan fingerprint density at radius 3 is 2.91 bits per heavy atom. The molecule has 0 aliphatic carbocycles. The third-order valence-electron chi connectivity index (χ3n) is 3.89. The van der Waals surface area contributed by atoms with Crippen LogP contribution in [0.15, 0.2) is 12.1 Å². The molecule has 2 heterocycles. The van der Waals surface area contributed by atoms with Crippen LogP contribution in [0.2, 0.25) is 5.02 Å². The molecule has 2 aliphatic rings. The van der Waals surface area contributed by atoms with Crippen LogP contribution in [-0.4, -0.2) is 39.0 Å². The summed E-state index contributed by atoms with van der Waals surface area (Å²) in [5, 5.41) is 6.19. The monoisotopic (exact) mass is 340 g/mol. The number of carbonyl (C=O) groups excluding carboxylic acids is 1. The quantitative estimate of drug-likeness (QED) is 0.882. The maximum Gasteiger partial charge on any atom is 0.315 e. The lowest BCUT2D eigenvalue weighted by Gasteiger charge is -2.13. The molecule has 1 aromatic rings. The van der Waals surface area contributed by atoms with E-state index in [4.69, 9.17) is 25.8 Å². The van der Waals surface area contributed by atoms with Gasteiger partial charge in [-0.25, -0.2) is 4.79 Å². The van der Waals surface area contributed by atoms with Crippen molar-refractivity contribution in [1.29, 1.82) is 0 Å². The fourth-order valence-electron chi connectivity index (χ4n) is 2.61. The summed E-state index contributed by atoms with van der Waals surface area (Å²) in [4.78, 5) is 11.8. The summed E-state index contributed by atoms with van der Waals surface area (Å²) in [6.45, 7) is 3.71. The molecule has 2 amide bonds. The summed E-state index contributed by atoms with van der Waals surface area (Å²) in [6, 6.07) is 3.46. The van der Waals surface area contributed by atoms with Gasteiger partial charge in [0.2, 0.25) is 0 Å². The number of nitrogens with one attached hydrogen (secondary N) is 2. The highest BCUT2D eigenvalue weighted by Crippen LogP contribution is 2.37. The third kappa shape index (κ3) is 4.42. The molecule has 1 unspecified atom stereocenters. The Kier molecular flexibility index (Phi) is 5.46. The number of carbonyl (C=O) groups is 1. The van der Waals surface area contributed by atoms with Crippen LogP contribution in [-0.2, 0) is 11.3 Å². The first-order chi connectivity index (χ1) is 11.2. The number of amides is 2. The van der Waals surface area contributed by atoms with Crippen LogP contribution in [0.1, 0.15) is 18.4 Å². The number of benzene rings is 1. The molecule has 7 heteroatoms. The molecular formula is C16H21ClN2O4. The normalized spacial score (nSPS) is 20.0. The predicted octanol–water partition coefficient (Wildman–Crippen LogP) is 2.34. The van der Waals surface area contributed by atoms with Crippen molar-refractivity contribution >= 4 is 17.6 Å². The van der Waals surface area contributed by atoms with E-state index in [9.17, 15) is 4.79 Å². The van der Waals surface area contributed by atoms with Crippen LogP contribution in [0.5, 0.6) is 11.5 Å². The van der Waals surface area contributed by atoms with E-state index in [0.717, 1.165) is 31.6 Å². The third-order valence-corrected chi connectivity index (χ3v) is 4.17. The minimum absolute atomic E-state index is 0.194. The molecule has 1 atom stereocenters. The van der Waals surface area contributed by atoms with Crippen LogP contribution < -0.4 is 20.1 Å². The molecule has 0 aromatic heterocycles. The summed E-state index contributed by atoms with van der Waals surface area (Å²) in [5.74, 6) is 1.63. The van der Waals surface area contributed by atoms with Crippen molar-refractivity contribution in [2.24, 2.45) is 5.92 Å². The Morgan fingerprint density at radius 1 is 1.22 bits per heavy atom. The highest BCUT2D eigenvalue weighted by molar-refractivity contribution is 6.32.